The summed E-state index contributed by atoms with van der Waals surface area (Å²) in [6, 6.07) is 6.38. The molecule has 3 rings (SSSR count). The van der Waals surface area contributed by atoms with Crippen molar-refractivity contribution in [1.82, 2.24) is 10.2 Å². The van der Waals surface area contributed by atoms with Crippen LogP contribution >= 0.6 is 24.8 Å². The summed E-state index contributed by atoms with van der Waals surface area (Å²) in [4.78, 5) is 2.40. The maximum absolute atomic E-state index is 13.0. The van der Waals surface area contributed by atoms with E-state index in [1.54, 1.807) is 12.1 Å². The second-order valence-corrected chi connectivity index (χ2v) is 6.51. The normalized spacial score (nSPS) is 19.4. The fourth-order valence-corrected chi connectivity index (χ4v) is 3.12. The average Bonchev–Trinajstić information content (AvgIpc) is 3.38. The van der Waals surface area contributed by atoms with Gasteiger partial charge in [0.05, 0.1) is 0 Å². The molecule has 1 aliphatic heterocycles. The first-order valence-electron chi connectivity index (χ1n) is 8.35. The van der Waals surface area contributed by atoms with Crippen LogP contribution in [0.2, 0.25) is 0 Å². The van der Waals surface area contributed by atoms with Gasteiger partial charge >= 0.3 is 12.5 Å². The van der Waals surface area contributed by atoms with Gasteiger partial charge in [0.15, 0.2) is 0 Å². The van der Waals surface area contributed by atoms with E-state index in [1.165, 1.54) is 25.0 Å². The van der Waals surface area contributed by atoms with E-state index in [1.807, 2.05) is 0 Å². The van der Waals surface area contributed by atoms with Crippen LogP contribution in [-0.4, -0.2) is 43.6 Å². The summed E-state index contributed by atoms with van der Waals surface area (Å²) in [6.45, 7) is 3.75. The number of ether oxygens (including phenoxy) is 1. The number of nitrogens with one attached hydrogen (secondary N) is 1. The Labute approximate surface area is 163 Å². The van der Waals surface area contributed by atoms with Crippen LogP contribution in [0.4, 0.5) is 17.6 Å². The van der Waals surface area contributed by atoms with E-state index in [2.05, 4.69) is 15.0 Å². The number of hydrogen-bond acceptors (Lipinski definition) is 3. The van der Waals surface area contributed by atoms with Crippen LogP contribution in [-0.2, 0) is 0 Å². The van der Waals surface area contributed by atoms with Crippen molar-refractivity contribution in [3.05, 3.63) is 29.8 Å². The summed E-state index contributed by atoms with van der Waals surface area (Å²) in [5.41, 5.74) is 1.02. The predicted octanol–water partition coefficient (Wildman–Crippen LogP) is 4.51. The van der Waals surface area contributed by atoms with E-state index in [9.17, 15) is 17.6 Å². The molecular weight excluding hydrogens is 395 g/mol. The van der Waals surface area contributed by atoms with Crippen molar-refractivity contribution in [1.29, 1.82) is 0 Å². The smallest absolute Gasteiger partial charge is 0.428 e. The highest BCUT2D eigenvalue weighted by molar-refractivity contribution is 5.85. The van der Waals surface area contributed by atoms with Crippen molar-refractivity contribution >= 4 is 24.8 Å². The van der Waals surface area contributed by atoms with Gasteiger partial charge in [0, 0.05) is 32.2 Å². The maximum Gasteiger partial charge on any atom is 0.461 e. The average molecular weight is 419 g/mol. The number of hydrogen-bond donors (Lipinski definition) is 1. The van der Waals surface area contributed by atoms with E-state index in [0.717, 1.165) is 44.1 Å². The zero-order valence-corrected chi connectivity index (χ0v) is 15.8. The molecule has 2 fully saturated rings. The molecule has 2 aliphatic rings. The number of rotatable bonds is 7. The molecule has 0 aromatic heterocycles. The lowest BCUT2D eigenvalue weighted by Crippen LogP contribution is -2.45. The summed E-state index contributed by atoms with van der Waals surface area (Å²) in [5, 5.41) is 3.32. The van der Waals surface area contributed by atoms with E-state index in [0.29, 0.717) is 0 Å². The minimum absolute atomic E-state index is 0. The summed E-state index contributed by atoms with van der Waals surface area (Å²) in [7, 11) is 0. The first-order valence-corrected chi connectivity index (χ1v) is 8.35. The molecule has 26 heavy (non-hydrogen) atoms. The number of piperazine rings is 1. The largest absolute Gasteiger partial charge is 0.461 e. The lowest BCUT2D eigenvalue weighted by Gasteiger charge is -2.35. The molecule has 1 aromatic carbocycles. The molecule has 1 atom stereocenters. The molecule has 0 radical (unpaired) electrons. The Morgan fingerprint density at radius 2 is 1.65 bits per heavy atom. The monoisotopic (exact) mass is 418 g/mol. The molecule has 1 saturated heterocycles. The highest BCUT2D eigenvalue weighted by Gasteiger charge is 2.44. The topological polar surface area (TPSA) is 24.5 Å². The zero-order chi connectivity index (χ0) is 17.2. The van der Waals surface area contributed by atoms with Crippen LogP contribution < -0.4 is 10.1 Å². The summed E-state index contributed by atoms with van der Waals surface area (Å²) >= 11 is 0. The van der Waals surface area contributed by atoms with Crippen LogP contribution in [0.1, 0.15) is 30.9 Å². The summed E-state index contributed by atoms with van der Waals surface area (Å²) in [6.07, 6.45) is -4.78. The van der Waals surface area contributed by atoms with E-state index in [-0.39, 0.29) is 36.6 Å². The Kier molecular flexibility index (Phi) is 8.93. The van der Waals surface area contributed by atoms with Crippen molar-refractivity contribution in [3.63, 3.8) is 0 Å². The Balaban J connectivity index is 0.00000169. The third-order valence-electron chi connectivity index (χ3n) is 4.62. The highest BCUT2D eigenvalue weighted by atomic mass is 35.5. The lowest BCUT2D eigenvalue weighted by molar-refractivity contribution is -0.253. The minimum atomic E-state index is -4.46. The summed E-state index contributed by atoms with van der Waals surface area (Å²) < 4.78 is 54.5. The number of alkyl halides is 4. The molecule has 0 spiro atoms. The molecule has 9 heteroatoms. The molecular formula is C17H24Cl2F4N2O. The molecule has 1 saturated carbocycles. The number of nitrogens with zero attached hydrogens (tertiary/aromatic N) is 1. The Morgan fingerprint density at radius 1 is 1.08 bits per heavy atom. The van der Waals surface area contributed by atoms with Gasteiger partial charge in [-0.05, 0) is 30.0 Å². The minimum Gasteiger partial charge on any atom is -0.428 e. The number of halogens is 6. The third-order valence-corrected chi connectivity index (χ3v) is 4.62. The standard InChI is InChI=1S/C17H22F4N2O.2ClH/c18-16(19)17(20,21)24-14-5-3-13(4-6-14)15(11-12-1-2-12)23-9-7-22-8-10-23;;/h3-6,12,15-16,22H,1-2,7-11H2;2*1H/t15-;;/m0../s1. The zero-order valence-electron chi connectivity index (χ0n) is 14.2. The van der Waals surface area contributed by atoms with Gasteiger partial charge in [-0.25, -0.2) is 0 Å². The van der Waals surface area contributed by atoms with Crippen LogP contribution in [0.3, 0.4) is 0 Å². The molecule has 3 nitrogen and oxygen atoms in total. The van der Waals surface area contributed by atoms with Crippen LogP contribution in [0, 0.1) is 5.92 Å². The van der Waals surface area contributed by atoms with Crippen LogP contribution in [0.5, 0.6) is 5.75 Å². The van der Waals surface area contributed by atoms with Gasteiger partial charge < -0.3 is 10.1 Å². The van der Waals surface area contributed by atoms with Gasteiger partial charge in [-0.2, -0.15) is 17.6 Å². The van der Waals surface area contributed by atoms with Crippen LogP contribution in [0.25, 0.3) is 0 Å². The predicted molar refractivity (Wildman–Crippen MR) is 97.0 cm³/mol. The molecule has 0 amide bonds. The Hall–Kier alpha value is -0.760. The van der Waals surface area contributed by atoms with Crippen molar-refractivity contribution in [2.45, 2.75) is 37.8 Å². The quantitative estimate of drug-likeness (QED) is 0.659. The molecule has 150 valence electrons. The Bertz CT molecular complexity index is 538. The maximum atomic E-state index is 13.0. The Morgan fingerprint density at radius 3 is 2.15 bits per heavy atom. The first-order chi connectivity index (χ1) is 11.5. The fraction of sp³-hybridized carbons (Fsp3) is 0.647. The van der Waals surface area contributed by atoms with Crippen molar-refractivity contribution in [2.75, 3.05) is 26.2 Å². The van der Waals surface area contributed by atoms with Crippen molar-refractivity contribution in [3.8, 4) is 5.75 Å². The molecule has 1 aromatic rings. The van der Waals surface area contributed by atoms with Gasteiger partial charge in [-0.15, -0.1) is 24.8 Å². The van der Waals surface area contributed by atoms with Crippen LogP contribution in [0.15, 0.2) is 24.3 Å². The number of benzene rings is 1. The van der Waals surface area contributed by atoms with Crippen molar-refractivity contribution < 1.29 is 22.3 Å². The second-order valence-electron chi connectivity index (χ2n) is 6.51. The van der Waals surface area contributed by atoms with E-state index >= 15 is 0 Å². The highest BCUT2D eigenvalue weighted by Crippen LogP contribution is 2.40. The molecule has 1 heterocycles. The van der Waals surface area contributed by atoms with E-state index in [4.69, 9.17) is 0 Å². The van der Waals surface area contributed by atoms with Crippen molar-refractivity contribution in [2.24, 2.45) is 5.92 Å². The van der Waals surface area contributed by atoms with Gasteiger partial charge in [0.2, 0.25) is 0 Å². The molecule has 0 bridgehead atoms. The fourth-order valence-electron chi connectivity index (χ4n) is 3.12. The van der Waals surface area contributed by atoms with Gasteiger partial charge in [0.25, 0.3) is 0 Å². The molecule has 1 N–H and O–H groups in total. The van der Waals surface area contributed by atoms with Gasteiger partial charge in [-0.1, -0.05) is 25.0 Å². The molecule has 0 unspecified atom stereocenters. The van der Waals surface area contributed by atoms with Gasteiger partial charge in [-0.3, -0.25) is 4.90 Å². The third kappa shape index (κ3) is 6.15. The first kappa shape index (κ1) is 23.3. The SMILES string of the molecule is Cl.Cl.FC(F)C(F)(F)Oc1ccc([C@H](CC2CC2)N2CCNCC2)cc1. The lowest BCUT2D eigenvalue weighted by atomic mass is 9.98. The van der Waals surface area contributed by atoms with E-state index < -0.39 is 12.5 Å². The second kappa shape index (κ2) is 9.97. The molecule has 1 aliphatic carbocycles. The van der Waals surface area contributed by atoms with Gasteiger partial charge in [0.1, 0.15) is 5.75 Å². The summed E-state index contributed by atoms with van der Waals surface area (Å²) in [5.74, 6) is 0.485.